The number of pyridine rings is 2. The fourth-order valence-electron chi connectivity index (χ4n) is 5.67. The monoisotopic (exact) mass is 590 g/mol. The Hall–Kier alpha value is -4.05. The molecule has 0 amide bonds. The predicted molar refractivity (Wildman–Crippen MR) is 140 cm³/mol. The molecule has 41 heavy (non-hydrogen) atoms. The number of amidine groups is 1. The van der Waals surface area contributed by atoms with Crippen LogP contribution >= 0.6 is 11.8 Å². The molecule has 0 spiro atoms. The number of rotatable bonds is 7. The summed E-state index contributed by atoms with van der Waals surface area (Å²) in [4.78, 5) is 25.0. The molecule has 4 aromatic heterocycles. The number of anilines is 2. The number of nitrogens with two attached hydrogens (primary N) is 1. The third-order valence-electron chi connectivity index (χ3n) is 7.50. The molecule has 0 unspecified atom stereocenters. The van der Waals surface area contributed by atoms with Crippen molar-refractivity contribution in [2.24, 2.45) is 22.6 Å². The second kappa shape index (κ2) is 9.51. The highest BCUT2D eigenvalue weighted by Gasteiger charge is 2.78. The van der Waals surface area contributed by atoms with Crippen LogP contribution in [0.5, 0.6) is 5.75 Å². The van der Waals surface area contributed by atoms with Gasteiger partial charge < -0.3 is 25.3 Å². The van der Waals surface area contributed by atoms with E-state index in [1.165, 1.54) is 44.2 Å². The number of oxazole rings is 1. The lowest BCUT2D eigenvalue weighted by Crippen LogP contribution is -2.47. The van der Waals surface area contributed by atoms with Crippen molar-refractivity contribution < 1.29 is 31.8 Å². The Morgan fingerprint density at radius 3 is 2.73 bits per heavy atom. The Morgan fingerprint density at radius 2 is 2.00 bits per heavy atom. The molecule has 0 aromatic carbocycles. The van der Waals surface area contributed by atoms with Crippen molar-refractivity contribution in [3.63, 3.8) is 0 Å². The van der Waals surface area contributed by atoms with Crippen molar-refractivity contribution in [3.8, 4) is 5.75 Å². The van der Waals surface area contributed by atoms with Crippen LogP contribution in [-0.4, -0.2) is 52.2 Å². The van der Waals surface area contributed by atoms with Gasteiger partial charge in [-0.05, 0) is 18.9 Å². The number of hydrogen-bond donors (Lipinski definition) is 3. The maximum atomic E-state index is 15.2. The minimum absolute atomic E-state index is 0.0765. The van der Waals surface area contributed by atoms with Crippen LogP contribution in [0, 0.1) is 17.8 Å². The highest BCUT2D eigenvalue weighted by Crippen LogP contribution is 2.72. The summed E-state index contributed by atoms with van der Waals surface area (Å²) in [6, 6.07) is 3.04. The molecule has 4 aromatic rings. The molecule has 1 aliphatic carbocycles. The van der Waals surface area contributed by atoms with E-state index < -0.39 is 40.3 Å². The molecular formula is C25H22F4N8O3S. The summed E-state index contributed by atoms with van der Waals surface area (Å²) < 4.78 is 65.2. The fraction of sp³-hybridized carbons (Fsp3) is 0.360. The van der Waals surface area contributed by atoms with Crippen molar-refractivity contribution >= 4 is 39.5 Å². The Labute approximate surface area is 233 Å². The van der Waals surface area contributed by atoms with Gasteiger partial charge in [-0.15, -0.1) is 0 Å². The first-order valence-corrected chi connectivity index (χ1v) is 13.1. The highest BCUT2D eigenvalue weighted by molar-refractivity contribution is 8.15. The van der Waals surface area contributed by atoms with Gasteiger partial charge in [0.05, 0.1) is 40.1 Å². The SMILES string of the molecule is C[C@H]1[C@@H]2[C@@]1([C@H](O)C(F)(F)F)SC(N)=N[C@]2(C)c1cc(Nc2ncnc3cc(OCc4ncco4)cnc23)cnc1F. The summed E-state index contributed by atoms with van der Waals surface area (Å²) >= 11 is 0.676. The van der Waals surface area contributed by atoms with Crippen LogP contribution < -0.4 is 15.8 Å². The zero-order valence-electron chi connectivity index (χ0n) is 21.4. The molecule has 0 bridgehead atoms. The molecule has 0 radical (unpaired) electrons. The summed E-state index contributed by atoms with van der Waals surface area (Å²) in [6.45, 7) is 3.15. The van der Waals surface area contributed by atoms with Crippen LogP contribution in [0.25, 0.3) is 11.0 Å². The molecule has 5 atom stereocenters. The van der Waals surface area contributed by atoms with E-state index in [0.29, 0.717) is 34.4 Å². The number of halogens is 4. The van der Waals surface area contributed by atoms with Gasteiger partial charge in [0.2, 0.25) is 11.8 Å². The number of aliphatic hydroxyl groups excluding tert-OH is 1. The van der Waals surface area contributed by atoms with Crippen LogP contribution in [-0.2, 0) is 12.1 Å². The normalized spacial score (nSPS) is 26.3. The summed E-state index contributed by atoms with van der Waals surface area (Å²) in [7, 11) is 0. The number of aliphatic imine (C=N–C) groups is 1. The predicted octanol–water partition coefficient (Wildman–Crippen LogP) is 4.07. The van der Waals surface area contributed by atoms with Crippen LogP contribution in [0.4, 0.5) is 29.1 Å². The van der Waals surface area contributed by atoms with Gasteiger partial charge in [0.25, 0.3) is 0 Å². The van der Waals surface area contributed by atoms with Gasteiger partial charge in [-0.25, -0.2) is 24.9 Å². The van der Waals surface area contributed by atoms with Crippen molar-refractivity contribution in [1.29, 1.82) is 0 Å². The minimum atomic E-state index is -4.89. The summed E-state index contributed by atoms with van der Waals surface area (Å²) in [6.07, 6.45) is -0.661. The molecular weight excluding hydrogens is 568 g/mol. The third kappa shape index (κ3) is 4.50. The first kappa shape index (κ1) is 27.1. The number of ether oxygens (including phenoxy) is 1. The number of fused-ring (bicyclic) bond motifs is 2. The molecule has 0 saturated heterocycles. The van der Waals surface area contributed by atoms with Crippen molar-refractivity contribution in [2.45, 2.75) is 43.0 Å². The van der Waals surface area contributed by atoms with Gasteiger partial charge in [-0.2, -0.15) is 17.6 Å². The Balaban J connectivity index is 1.31. The van der Waals surface area contributed by atoms with E-state index in [-0.39, 0.29) is 28.8 Å². The molecule has 2 aliphatic rings. The zero-order valence-corrected chi connectivity index (χ0v) is 22.2. The van der Waals surface area contributed by atoms with Gasteiger partial charge >= 0.3 is 6.18 Å². The van der Waals surface area contributed by atoms with E-state index in [4.69, 9.17) is 14.9 Å². The zero-order chi connectivity index (χ0) is 29.2. The quantitative estimate of drug-likeness (QED) is 0.210. The lowest BCUT2D eigenvalue weighted by Gasteiger charge is -2.36. The second-order valence-electron chi connectivity index (χ2n) is 9.93. The average Bonchev–Trinajstić information content (AvgIpc) is 3.25. The molecule has 16 heteroatoms. The fourth-order valence-corrected chi connectivity index (χ4v) is 7.33. The molecule has 4 N–H and O–H groups in total. The first-order chi connectivity index (χ1) is 19.4. The van der Waals surface area contributed by atoms with Gasteiger partial charge in [-0.1, -0.05) is 18.7 Å². The minimum Gasteiger partial charge on any atom is -0.482 e. The summed E-state index contributed by atoms with van der Waals surface area (Å²) in [5.41, 5.74) is 5.43. The molecule has 1 saturated carbocycles. The van der Waals surface area contributed by atoms with E-state index in [9.17, 15) is 18.3 Å². The third-order valence-corrected chi connectivity index (χ3v) is 9.00. The van der Waals surface area contributed by atoms with E-state index >= 15 is 4.39 Å². The average molecular weight is 591 g/mol. The smallest absolute Gasteiger partial charge is 0.415 e. The number of nitrogens with zero attached hydrogens (tertiary/aromatic N) is 6. The molecule has 1 aliphatic heterocycles. The number of alkyl halides is 3. The van der Waals surface area contributed by atoms with Crippen LogP contribution in [0.3, 0.4) is 0 Å². The molecule has 1 fully saturated rings. The van der Waals surface area contributed by atoms with Crippen molar-refractivity contribution in [1.82, 2.24) is 24.9 Å². The molecule has 214 valence electrons. The van der Waals surface area contributed by atoms with E-state index in [2.05, 4.69) is 35.2 Å². The Kier molecular flexibility index (Phi) is 6.29. The number of aromatic nitrogens is 5. The summed E-state index contributed by atoms with van der Waals surface area (Å²) in [5, 5.41) is 13.1. The van der Waals surface area contributed by atoms with E-state index in [0.717, 1.165) is 0 Å². The number of hydrogen-bond acceptors (Lipinski definition) is 12. The van der Waals surface area contributed by atoms with Gasteiger partial charge in [-0.3, -0.25) is 4.99 Å². The molecule has 5 heterocycles. The Bertz CT molecular complexity index is 1660. The molecule has 6 rings (SSSR count). The number of nitrogens with one attached hydrogen (secondary N) is 1. The maximum absolute atomic E-state index is 15.2. The van der Waals surface area contributed by atoms with Gasteiger partial charge in [0.15, 0.2) is 23.7 Å². The van der Waals surface area contributed by atoms with Crippen LogP contribution in [0.2, 0.25) is 0 Å². The van der Waals surface area contributed by atoms with Gasteiger partial charge in [0.1, 0.15) is 23.9 Å². The maximum Gasteiger partial charge on any atom is 0.415 e. The lowest BCUT2D eigenvalue weighted by molar-refractivity contribution is -0.208. The van der Waals surface area contributed by atoms with Crippen LogP contribution in [0.15, 0.2) is 52.7 Å². The number of aliphatic hydroxyl groups is 1. The lowest BCUT2D eigenvalue weighted by atomic mass is 9.85. The topological polar surface area (TPSA) is 157 Å². The van der Waals surface area contributed by atoms with E-state index in [1.807, 2.05) is 0 Å². The van der Waals surface area contributed by atoms with Crippen molar-refractivity contribution in [3.05, 3.63) is 60.7 Å². The number of thioether (sulfide) groups is 1. The van der Waals surface area contributed by atoms with Gasteiger partial charge in [0, 0.05) is 17.5 Å². The molecule has 11 nitrogen and oxygen atoms in total. The summed E-state index contributed by atoms with van der Waals surface area (Å²) in [5.74, 6) is -1.40. The van der Waals surface area contributed by atoms with E-state index in [1.54, 1.807) is 13.0 Å². The Morgan fingerprint density at radius 1 is 1.20 bits per heavy atom. The van der Waals surface area contributed by atoms with Crippen molar-refractivity contribution in [2.75, 3.05) is 5.32 Å². The second-order valence-corrected chi connectivity index (χ2v) is 11.3. The highest BCUT2D eigenvalue weighted by atomic mass is 32.2. The largest absolute Gasteiger partial charge is 0.482 e. The van der Waals surface area contributed by atoms with Crippen LogP contribution in [0.1, 0.15) is 25.3 Å². The first-order valence-electron chi connectivity index (χ1n) is 12.3. The standard InChI is InChI=1S/C25H22F4N8O3S/c1-11-18-23(2,37-22(30)41-24(11,18)21(38)25(27,28)29)14-5-12(7-33-19(14)26)36-20-17-15(34-10-35-20)6-13(8-32-17)40-9-16-31-3-4-39-16/h3-8,10-11,18,21,38H,9H2,1-2H3,(H2,30,37)(H,34,35,36)/t11-,18-,21-,23+,24-/m0/s1.